The molecule has 3 rings (SSSR count). The van der Waals surface area contributed by atoms with Gasteiger partial charge >= 0.3 is 0 Å². The number of hydrazine groups is 1. The smallest absolute Gasteiger partial charge is 0.275 e. The van der Waals surface area contributed by atoms with E-state index in [0.717, 1.165) is 30.5 Å². The highest BCUT2D eigenvalue weighted by Crippen LogP contribution is 2.23. The SMILES string of the molecule is NNC(=O)c1sccc1Cn1c2c(ccc1=O)CCC2. The van der Waals surface area contributed by atoms with Gasteiger partial charge in [0.1, 0.15) is 0 Å². The zero-order chi connectivity index (χ0) is 14.1. The van der Waals surface area contributed by atoms with Crippen LogP contribution in [0.4, 0.5) is 0 Å². The Morgan fingerprint density at radius 1 is 1.35 bits per heavy atom. The summed E-state index contributed by atoms with van der Waals surface area (Å²) in [5.74, 6) is 4.87. The zero-order valence-corrected chi connectivity index (χ0v) is 11.7. The lowest BCUT2D eigenvalue weighted by atomic mass is 10.2. The van der Waals surface area contributed by atoms with E-state index >= 15 is 0 Å². The van der Waals surface area contributed by atoms with Crippen LogP contribution in [0, 0.1) is 0 Å². The molecule has 104 valence electrons. The molecule has 0 saturated heterocycles. The number of aryl methyl sites for hydroxylation is 1. The topological polar surface area (TPSA) is 77.1 Å². The minimum Gasteiger partial charge on any atom is -0.308 e. The summed E-state index contributed by atoms with van der Waals surface area (Å²) in [6.07, 6.45) is 3.03. The Balaban J connectivity index is 2.01. The molecule has 3 N–H and O–H groups in total. The fourth-order valence-electron chi connectivity index (χ4n) is 2.70. The molecule has 0 aromatic carbocycles. The molecule has 0 saturated carbocycles. The van der Waals surface area contributed by atoms with Crippen LogP contribution in [0.1, 0.15) is 32.9 Å². The largest absolute Gasteiger partial charge is 0.308 e. The molecule has 1 aliphatic rings. The summed E-state index contributed by atoms with van der Waals surface area (Å²) in [7, 11) is 0. The number of hydrogen-bond donors (Lipinski definition) is 2. The summed E-state index contributed by atoms with van der Waals surface area (Å²) in [6.45, 7) is 0.425. The number of nitrogens with two attached hydrogens (primary N) is 1. The first-order chi connectivity index (χ1) is 9.70. The van der Waals surface area contributed by atoms with Crippen LogP contribution in [0.2, 0.25) is 0 Å². The summed E-state index contributed by atoms with van der Waals surface area (Å²) in [5.41, 5.74) is 5.30. The van der Waals surface area contributed by atoms with Gasteiger partial charge in [-0.3, -0.25) is 15.0 Å². The number of nitrogens with zero attached hydrogens (tertiary/aromatic N) is 1. The van der Waals surface area contributed by atoms with Crippen molar-refractivity contribution >= 4 is 17.2 Å². The zero-order valence-electron chi connectivity index (χ0n) is 10.9. The van der Waals surface area contributed by atoms with Crippen molar-refractivity contribution in [3.05, 3.63) is 55.6 Å². The van der Waals surface area contributed by atoms with Crippen LogP contribution >= 0.6 is 11.3 Å². The lowest BCUT2D eigenvalue weighted by Crippen LogP contribution is -2.30. The average Bonchev–Trinajstić information content (AvgIpc) is 3.09. The van der Waals surface area contributed by atoms with Gasteiger partial charge in [0.05, 0.1) is 11.4 Å². The van der Waals surface area contributed by atoms with Gasteiger partial charge in [0.15, 0.2) is 0 Å². The summed E-state index contributed by atoms with van der Waals surface area (Å²) in [4.78, 5) is 24.4. The summed E-state index contributed by atoms with van der Waals surface area (Å²) in [6, 6.07) is 5.40. The van der Waals surface area contributed by atoms with Gasteiger partial charge in [0.25, 0.3) is 11.5 Å². The molecule has 2 aromatic rings. The molecule has 0 aliphatic heterocycles. The van der Waals surface area contributed by atoms with E-state index in [4.69, 9.17) is 5.84 Å². The Hall–Kier alpha value is -1.92. The maximum Gasteiger partial charge on any atom is 0.275 e. The first-order valence-corrected chi connectivity index (χ1v) is 7.37. The van der Waals surface area contributed by atoms with Crippen LogP contribution < -0.4 is 16.8 Å². The standard InChI is InChI=1S/C14H15N3O2S/c15-16-14(19)13-10(6-7-20-13)8-17-11-3-1-2-9(11)4-5-12(17)18/h4-7H,1-3,8,15H2,(H,16,19). The molecule has 1 amide bonds. The fourth-order valence-corrected chi connectivity index (χ4v) is 3.52. The number of amides is 1. The number of pyridine rings is 1. The van der Waals surface area contributed by atoms with Gasteiger partial charge in [-0.15, -0.1) is 11.3 Å². The Morgan fingerprint density at radius 2 is 2.20 bits per heavy atom. The molecular weight excluding hydrogens is 274 g/mol. The van der Waals surface area contributed by atoms with Crippen molar-refractivity contribution in [2.75, 3.05) is 0 Å². The second kappa shape index (κ2) is 5.22. The minimum absolute atomic E-state index is 0.0176. The third-order valence-electron chi connectivity index (χ3n) is 3.66. The molecule has 0 fully saturated rings. The molecule has 0 unspecified atom stereocenters. The van der Waals surface area contributed by atoms with Gasteiger partial charge in [0.2, 0.25) is 0 Å². The maximum absolute atomic E-state index is 12.1. The van der Waals surface area contributed by atoms with Gasteiger partial charge < -0.3 is 4.57 Å². The van der Waals surface area contributed by atoms with Gasteiger partial charge in [0, 0.05) is 11.8 Å². The Kier molecular flexibility index (Phi) is 3.42. The molecule has 0 radical (unpaired) electrons. The number of carbonyl (C=O) groups is 1. The number of fused-ring (bicyclic) bond motifs is 1. The summed E-state index contributed by atoms with van der Waals surface area (Å²) >= 11 is 1.33. The molecule has 0 bridgehead atoms. The highest BCUT2D eigenvalue weighted by Gasteiger charge is 2.18. The van der Waals surface area contributed by atoms with Crippen molar-refractivity contribution in [1.29, 1.82) is 0 Å². The number of nitrogens with one attached hydrogen (secondary N) is 1. The predicted octanol–water partition coefficient (Wildman–Crippen LogP) is 1.05. The second-order valence-electron chi connectivity index (χ2n) is 4.83. The van der Waals surface area contributed by atoms with Gasteiger partial charge in [-0.05, 0) is 41.8 Å². The molecular formula is C14H15N3O2S. The van der Waals surface area contributed by atoms with Crippen molar-refractivity contribution in [3.63, 3.8) is 0 Å². The van der Waals surface area contributed by atoms with E-state index in [-0.39, 0.29) is 11.5 Å². The van der Waals surface area contributed by atoms with Crippen LogP contribution in [0.15, 0.2) is 28.4 Å². The molecule has 1 aliphatic carbocycles. The van der Waals surface area contributed by atoms with Crippen molar-refractivity contribution in [3.8, 4) is 0 Å². The first kappa shape index (κ1) is 13.1. The predicted molar refractivity (Wildman–Crippen MR) is 77.8 cm³/mol. The second-order valence-corrected chi connectivity index (χ2v) is 5.75. The molecule has 0 atom stereocenters. The van der Waals surface area contributed by atoms with Crippen molar-refractivity contribution < 1.29 is 4.79 Å². The Bertz CT molecular complexity index is 717. The van der Waals surface area contributed by atoms with Gasteiger partial charge in [-0.1, -0.05) is 6.07 Å². The van der Waals surface area contributed by atoms with Crippen LogP contribution in [-0.2, 0) is 19.4 Å². The fraction of sp³-hybridized carbons (Fsp3) is 0.286. The van der Waals surface area contributed by atoms with Crippen LogP contribution in [-0.4, -0.2) is 10.5 Å². The molecule has 6 heteroatoms. The summed E-state index contributed by atoms with van der Waals surface area (Å²) < 4.78 is 1.78. The normalized spacial score (nSPS) is 13.2. The van der Waals surface area contributed by atoms with E-state index < -0.39 is 0 Å². The highest BCUT2D eigenvalue weighted by molar-refractivity contribution is 7.12. The van der Waals surface area contributed by atoms with Crippen molar-refractivity contribution in [1.82, 2.24) is 9.99 Å². The Labute approximate surface area is 120 Å². The Morgan fingerprint density at radius 3 is 3.00 bits per heavy atom. The molecule has 2 aromatic heterocycles. The van der Waals surface area contributed by atoms with E-state index in [2.05, 4.69) is 5.43 Å². The number of aromatic nitrogens is 1. The third-order valence-corrected chi connectivity index (χ3v) is 4.62. The first-order valence-electron chi connectivity index (χ1n) is 6.49. The van der Waals surface area contributed by atoms with Crippen molar-refractivity contribution in [2.45, 2.75) is 25.8 Å². The number of rotatable bonds is 3. The summed E-state index contributed by atoms with van der Waals surface area (Å²) in [5, 5.41) is 1.84. The van der Waals surface area contributed by atoms with E-state index in [0.29, 0.717) is 11.4 Å². The van der Waals surface area contributed by atoms with Crippen LogP contribution in [0.3, 0.4) is 0 Å². The highest BCUT2D eigenvalue weighted by atomic mass is 32.1. The number of nitrogen functional groups attached to an aromatic ring is 1. The number of hydrogen-bond acceptors (Lipinski definition) is 4. The van der Waals surface area contributed by atoms with E-state index in [1.807, 2.05) is 17.5 Å². The monoisotopic (exact) mass is 289 g/mol. The van der Waals surface area contributed by atoms with E-state index in [1.54, 1.807) is 10.6 Å². The third kappa shape index (κ3) is 2.17. The maximum atomic E-state index is 12.1. The van der Waals surface area contributed by atoms with E-state index in [9.17, 15) is 9.59 Å². The van der Waals surface area contributed by atoms with E-state index in [1.165, 1.54) is 16.9 Å². The molecule has 5 nitrogen and oxygen atoms in total. The molecule has 0 spiro atoms. The average molecular weight is 289 g/mol. The number of carbonyl (C=O) groups excluding carboxylic acids is 1. The van der Waals surface area contributed by atoms with Gasteiger partial charge in [-0.25, -0.2) is 5.84 Å². The van der Waals surface area contributed by atoms with Crippen LogP contribution in [0.5, 0.6) is 0 Å². The van der Waals surface area contributed by atoms with Crippen molar-refractivity contribution in [2.24, 2.45) is 5.84 Å². The molecule has 2 heterocycles. The molecule has 20 heavy (non-hydrogen) atoms. The number of thiophene rings is 1. The van der Waals surface area contributed by atoms with Crippen LogP contribution in [0.25, 0.3) is 0 Å². The van der Waals surface area contributed by atoms with Gasteiger partial charge in [-0.2, -0.15) is 0 Å². The minimum atomic E-state index is -0.310. The quantitative estimate of drug-likeness (QED) is 0.504. The lowest BCUT2D eigenvalue weighted by molar-refractivity contribution is 0.0956. The lowest BCUT2D eigenvalue weighted by Gasteiger charge is -2.12.